The van der Waals surface area contributed by atoms with Crippen molar-refractivity contribution in [2.24, 2.45) is 0 Å². The Balaban J connectivity index is 1.34. The lowest BCUT2D eigenvalue weighted by atomic mass is 10.1. The Bertz CT molecular complexity index is 1120. The Morgan fingerprint density at radius 2 is 1.88 bits per heavy atom. The van der Waals surface area contributed by atoms with Gasteiger partial charge in [0.05, 0.1) is 6.10 Å². The minimum absolute atomic E-state index is 0.119. The van der Waals surface area contributed by atoms with Crippen molar-refractivity contribution in [1.29, 1.82) is 0 Å². The number of anilines is 1. The molecule has 0 aliphatic carbocycles. The van der Waals surface area contributed by atoms with Crippen LogP contribution in [-0.4, -0.2) is 51.1 Å². The Kier molecular flexibility index (Phi) is 7.29. The number of nitrogens with zero attached hydrogens (tertiary/aromatic N) is 5. The number of rotatable bonds is 7. The van der Waals surface area contributed by atoms with Gasteiger partial charge in [0.1, 0.15) is 6.10 Å². The predicted molar refractivity (Wildman–Crippen MR) is 131 cm³/mol. The average molecular weight is 472 g/mol. The van der Waals surface area contributed by atoms with E-state index in [9.17, 15) is 0 Å². The minimum Gasteiger partial charge on any atom is -0.365 e. The van der Waals surface area contributed by atoms with Crippen LogP contribution in [0.15, 0.2) is 32.1 Å². The van der Waals surface area contributed by atoms with Crippen molar-refractivity contribution >= 4 is 21.9 Å². The second-order valence-electron chi connectivity index (χ2n) is 8.78. The second kappa shape index (κ2) is 10.2. The lowest BCUT2D eigenvalue weighted by molar-refractivity contribution is -0.0303. The average Bonchev–Trinajstić information content (AvgIpc) is 3.49. The maximum absolute atomic E-state index is 6.25. The molecule has 9 heteroatoms. The maximum atomic E-state index is 6.25. The van der Waals surface area contributed by atoms with Crippen LogP contribution in [0.2, 0.25) is 0 Å². The van der Waals surface area contributed by atoms with E-state index in [1.165, 1.54) is 10.5 Å². The van der Waals surface area contributed by atoms with Crippen LogP contribution in [0.5, 0.6) is 0 Å². The molecular formula is C24H33N5O3S. The number of piperidine rings is 1. The summed E-state index contributed by atoms with van der Waals surface area (Å²) in [6, 6.07) is 6.94. The molecule has 1 aliphatic rings. The number of aromatic nitrogens is 4. The summed E-state index contributed by atoms with van der Waals surface area (Å²) in [4.78, 5) is 12.6. The number of hydrogen-bond donors (Lipinski definition) is 0. The number of ether oxygens (including phenoxy) is 1. The first-order valence-electron chi connectivity index (χ1n) is 11.5. The lowest BCUT2D eigenvalue weighted by Crippen LogP contribution is -2.37. The molecule has 2 aromatic heterocycles. The Hall–Kier alpha value is -2.52. The first kappa shape index (κ1) is 23.6. The molecule has 3 aromatic rings. The lowest BCUT2D eigenvalue weighted by Gasteiger charge is -2.31. The van der Waals surface area contributed by atoms with E-state index in [4.69, 9.17) is 13.8 Å². The van der Waals surface area contributed by atoms with Gasteiger partial charge in [-0.3, -0.25) is 0 Å². The molecule has 3 heterocycles. The summed E-state index contributed by atoms with van der Waals surface area (Å²) in [7, 11) is 0.135. The SMILES string of the molecule is C/C=S(\C)c1ccc(-c2noc([C@@H](C)OC3CCN(c4nc(C(C)C)no4)CC3)n2)cc1C. The minimum atomic E-state index is -0.268. The third kappa shape index (κ3) is 5.35. The highest BCUT2D eigenvalue weighted by molar-refractivity contribution is 8.14. The Morgan fingerprint density at radius 1 is 1.12 bits per heavy atom. The number of aryl methyl sites for hydroxylation is 1. The van der Waals surface area contributed by atoms with Crippen molar-refractivity contribution in [1.82, 2.24) is 20.3 Å². The van der Waals surface area contributed by atoms with Gasteiger partial charge in [-0.05, 0) is 63.6 Å². The van der Waals surface area contributed by atoms with E-state index in [-0.39, 0.29) is 28.6 Å². The van der Waals surface area contributed by atoms with Crippen molar-refractivity contribution < 1.29 is 13.8 Å². The molecule has 0 N–H and O–H groups in total. The molecular weight excluding hydrogens is 438 g/mol. The third-order valence-corrected chi connectivity index (χ3v) is 7.84. The number of benzene rings is 1. The topological polar surface area (TPSA) is 90.3 Å². The van der Waals surface area contributed by atoms with Crippen molar-refractivity contribution in [3.05, 3.63) is 35.5 Å². The van der Waals surface area contributed by atoms with Gasteiger partial charge in [0.15, 0.2) is 5.82 Å². The summed E-state index contributed by atoms with van der Waals surface area (Å²) >= 11 is 0. The summed E-state index contributed by atoms with van der Waals surface area (Å²) in [5.74, 6) is 2.10. The van der Waals surface area contributed by atoms with Crippen LogP contribution in [0.1, 0.15) is 69.8 Å². The van der Waals surface area contributed by atoms with Crippen LogP contribution in [-0.2, 0) is 4.74 Å². The van der Waals surface area contributed by atoms with E-state index in [1.54, 1.807) is 0 Å². The molecule has 0 saturated carbocycles. The molecule has 0 bridgehead atoms. The molecule has 178 valence electrons. The van der Waals surface area contributed by atoms with E-state index in [1.807, 2.05) is 6.92 Å². The largest absolute Gasteiger partial charge is 0.365 e. The molecule has 8 nitrogen and oxygen atoms in total. The van der Waals surface area contributed by atoms with Crippen LogP contribution in [0, 0.1) is 6.92 Å². The molecule has 1 aliphatic heterocycles. The summed E-state index contributed by atoms with van der Waals surface area (Å²) in [6.45, 7) is 11.9. The van der Waals surface area contributed by atoms with E-state index in [2.05, 4.69) is 82.7 Å². The van der Waals surface area contributed by atoms with Crippen molar-refractivity contribution in [2.45, 2.75) is 70.5 Å². The fourth-order valence-electron chi connectivity index (χ4n) is 3.91. The number of hydrogen-bond acceptors (Lipinski definition) is 8. The van der Waals surface area contributed by atoms with Gasteiger partial charge in [-0.15, -0.1) is 0 Å². The first-order valence-corrected chi connectivity index (χ1v) is 13.2. The monoisotopic (exact) mass is 471 g/mol. The molecule has 2 atom stereocenters. The van der Waals surface area contributed by atoms with Gasteiger partial charge < -0.3 is 18.7 Å². The maximum Gasteiger partial charge on any atom is 0.324 e. The smallest absolute Gasteiger partial charge is 0.324 e. The van der Waals surface area contributed by atoms with Gasteiger partial charge in [-0.25, -0.2) is 0 Å². The highest BCUT2D eigenvalue weighted by Gasteiger charge is 2.27. The van der Waals surface area contributed by atoms with Crippen LogP contribution in [0.3, 0.4) is 0 Å². The van der Waals surface area contributed by atoms with Gasteiger partial charge in [0, 0.05) is 29.5 Å². The standard InChI is InChI=1S/C24H33N5O3S/c1-7-33(6)20-9-8-18(14-16(20)4)22-25-23(31-28-22)17(5)30-19-10-12-29(13-11-19)24-26-21(15(2)3)27-32-24/h7-9,14-15,17,19H,10-13H2,1-6H3/t17-,33?/m1/s1. The Morgan fingerprint density at radius 3 is 2.52 bits per heavy atom. The molecule has 1 unspecified atom stereocenters. The Labute approximate surface area is 197 Å². The zero-order valence-corrected chi connectivity index (χ0v) is 21.1. The fourth-order valence-corrected chi connectivity index (χ4v) is 5.02. The molecule has 0 spiro atoms. The highest BCUT2D eigenvalue weighted by Crippen LogP contribution is 2.30. The van der Waals surface area contributed by atoms with Gasteiger partial charge in [-0.1, -0.05) is 29.5 Å². The normalized spacial score (nSPS) is 17.1. The van der Waals surface area contributed by atoms with Gasteiger partial charge >= 0.3 is 6.01 Å². The molecule has 1 aromatic carbocycles. The van der Waals surface area contributed by atoms with Gasteiger partial charge in [0.2, 0.25) is 5.82 Å². The van der Waals surface area contributed by atoms with Crippen LogP contribution < -0.4 is 4.90 Å². The summed E-state index contributed by atoms with van der Waals surface area (Å²) in [6.07, 6.45) is 3.82. The van der Waals surface area contributed by atoms with Crippen molar-refractivity contribution in [3.63, 3.8) is 0 Å². The second-order valence-corrected chi connectivity index (χ2v) is 10.8. The molecule has 1 fully saturated rings. The van der Waals surface area contributed by atoms with Crippen molar-refractivity contribution in [2.75, 3.05) is 24.2 Å². The molecule has 33 heavy (non-hydrogen) atoms. The van der Waals surface area contributed by atoms with E-state index in [0.717, 1.165) is 37.3 Å². The van der Waals surface area contributed by atoms with E-state index >= 15 is 0 Å². The summed E-state index contributed by atoms with van der Waals surface area (Å²) in [5.41, 5.74) is 2.20. The summed E-state index contributed by atoms with van der Waals surface area (Å²) in [5, 5.41) is 10.5. The van der Waals surface area contributed by atoms with Crippen LogP contribution in [0.4, 0.5) is 6.01 Å². The van der Waals surface area contributed by atoms with E-state index in [0.29, 0.717) is 17.7 Å². The quantitative estimate of drug-likeness (QED) is 0.424. The van der Waals surface area contributed by atoms with Crippen molar-refractivity contribution in [3.8, 4) is 11.4 Å². The molecule has 4 rings (SSSR count). The zero-order valence-electron chi connectivity index (χ0n) is 20.2. The predicted octanol–water partition coefficient (Wildman–Crippen LogP) is 5.38. The molecule has 1 saturated heterocycles. The van der Waals surface area contributed by atoms with E-state index < -0.39 is 0 Å². The third-order valence-electron chi connectivity index (χ3n) is 5.98. The first-order chi connectivity index (χ1) is 15.9. The van der Waals surface area contributed by atoms with Gasteiger partial charge in [0.25, 0.3) is 5.89 Å². The highest BCUT2D eigenvalue weighted by atomic mass is 32.2. The fraction of sp³-hybridized carbons (Fsp3) is 0.542. The summed E-state index contributed by atoms with van der Waals surface area (Å²) < 4.78 is 17.2. The van der Waals surface area contributed by atoms with Crippen LogP contribution >= 0.6 is 10.5 Å². The molecule has 0 amide bonds. The zero-order chi connectivity index (χ0) is 23.5. The molecule has 0 radical (unpaired) electrons. The van der Waals surface area contributed by atoms with Gasteiger partial charge in [-0.2, -0.15) is 20.5 Å². The van der Waals surface area contributed by atoms with Crippen LogP contribution in [0.25, 0.3) is 11.4 Å².